The lowest BCUT2D eigenvalue weighted by Crippen LogP contribution is -2.30. The summed E-state index contributed by atoms with van der Waals surface area (Å²) in [4.78, 5) is 12.1. The molecule has 0 bridgehead atoms. The molecule has 6 nitrogen and oxygen atoms in total. The molecule has 0 saturated heterocycles. The maximum atomic E-state index is 12.1. The van der Waals surface area contributed by atoms with Crippen LogP contribution in [0.25, 0.3) is 0 Å². The van der Waals surface area contributed by atoms with Crippen molar-refractivity contribution in [1.29, 1.82) is 0 Å². The zero-order valence-corrected chi connectivity index (χ0v) is 14.6. The third kappa shape index (κ3) is 5.93. The third-order valence-electron chi connectivity index (χ3n) is 3.50. The highest BCUT2D eigenvalue weighted by Crippen LogP contribution is 2.15. The third-order valence-corrected chi connectivity index (χ3v) is 3.81. The van der Waals surface area contributed by atoms with Gasteiger partial charge in [0.2, 0.25) is 5.91 Å². The highest BCUT2D eigenvalue weighted by molar-refractivity contribution is 7.71. The molecule has 0 fully saturated rings. The van der Waals surface area contributed by atoms with Crippen molar-refractivity contribution in [3.63, 3.8) is 0 Å². The second-order valence-electron chi connectivity index (χ2n) is 5.40. The number of alkyl halides is 2. The van der Waals surface area contributed by atoms with Gasteiger partial charge in [-0.25, -0.2) is 0 Å². The van der Waals surface area contributed by atoms with E-state index in [-0.39, 0.29) is 18.2 Å². The van der Waals surface area contributed by atoms with E-state index in [2.05, 4.69) is 20.3 Å². The molecule has 1 aromatic carbocycles. The summed E-state index contributed by atoms with van der Waals surface area (Å²) in [6.07, 6.45) is 2.24. The van der Waals surface area contributed by atoms with E-state index in [9.17, 15) is 13.6 Å². The van der Waals surface area contributed by atoms with Gasteiger partial charge < -0.3 is 10.1 Å². The largest absolute Gasteiger partial charge is 0.435 e. The Morgan fingerprint density at radius 2 is 2.08 bits per heavy atom. The van der Waals surface area contributed by atoms with Crippen molar-refractivity contribution in [1.82, 2.24) is 20.1 Å². The van der Waals surface area contributed by atoms with Crippen molar-refractivity contribution in [3.05, 3.63) is 40.4 Å². The Hall–Kier alpha value is -2.29. The Labute approximate surface area is 149 Å². The van der Waals surface area contributed by atoms with Gasteiger partial charge in [0.25, 0.3) is 0 Å². The summed E-state index contributed by atoms with van der Waals surface area (Å²) in [5.74, 6) is 0.713. The minimum atomic E-state index is -2.84. The molecule has 2 N–H and O–H groups in total. The fourth-order valence-corrected chi connectivity index (χ4v) is 2.53. The smallest absolute Gasteiger partial charge is 0.387 e. The maximum Gasteiger partial charge on any atom is 0.387 e. The number of hydrogen-bond donors (Lipinski definition) is 2. The minimum absolute atomic E-state index is 0.112. The Morgan fingerprint density at radius 1 is 1.36 bits per heavy atom. The molecule has 0 unspecified atom stereocenters. The van der Waals surface area contributed by atoms with Crippen LogP contribution in [-0.2, 0) is 24.2 Å². The number of aromatic nitrogens is 3. The van der Waals surface area contributed by atoms with E-state index in [1.807, 2.05) is 6.92 Å². The fourth-order valence-electron chi connectivity index (χ4n) is 2.31. The molecule has 0 aliphatic heterocycles. The molecule has 2 aromatic rings. The number of nitrogens with one attached hydrogen (secondary N) is 2. The number of halogens is 2. The van der Waals surface area contributed by atoms with Crippen molar-refractivity contribution in [2.45, 2.75) is 39.3 Å². The first-order valence-electron chi connectivity index (χ1n) is 7.94. The summed E-state index contributed by atoms with van der Waals surface area (Å²) in [5, 5.41) is 9.63. The molecule has 0 spiro atoms. The lowest BCUT2D eigenvalue weighted by Gasteiger charge is -2.09. The van der Waals surface area contributed by atoms with Gasteiger partial charge in [-0.1, -0.05) is 19.1 Å². The highest BCUT2D eigenvalue weighted by Gasteiger charge is 2.09. The van der Waals surface area contributed by atoms with E-state index in [0.29, 0.717) is 17.7 Å². The Morgan fingerprint density at radius 3 is 2.72 bits per heavy atom. The summed E-state index contributed by atoms with van der Waals surface area (Å²) in [6, 6.07) is 6.33. The molecule has 1 aromatic heterocycles. The molecule has 0 aliphatic rings. The van der Waals surface area contributed by atoms with E-state index in [0.717, 1.165) is 24.2 Å². The summed E-state index contributed by atoms with van der Waals surface area (Å²) in [5.41, 5.74) is 0.911. The van der Waals surface area contributed by atoms with Crippen molar-refractivity contribution >= 4 is 18.1 Å². The highest BCUT2D eigenvalue weighted by atomic mass is 32.1. The van der Waals surface area contributed by atoms with Gasteiger partial charge in [-0.3, -0.25) is 14.5 Å². The number of carbonyl (C=O) groups excluding carboxylic acids is 1. The van der Waals surface area contributed by atoms with Crippen LogP contribution < -0.4 is 10.1 Å². The van der Waals surface area contributed by atoms with Gasteiger partial charge in [0, 0.05) is 13.0 Å². The number of aromatic amines is 1. The van der Waals surface area contributed by atoms with Crippen LogP contribution in [0, 0.1) is 4.77 Å². The lowest BCUT2D eigenvalue weighted by atomic mass is 10.1. The van der Waals surface area contributed by atoms with Gasteiger partial charge in [-0.15, -0.1) is 0 Å². The van der Waals surface area contributed by atoms with E-state index in [4.69, 9.17) is 12.2 Å². The summed E-state index contributed by atoms with van der Waals surface area (Å²) < 4.78 is 30.6. The standard InChI is InChI=1S/C16H20F2N4O2S/c1-2-3-13-20-21-16(25)22(13)10-14(23)19-9-8-11-4-6-12(7-5-11)24-15(17)18/h4-7,15H,2-3,8-10H2,1H3,(H,19,23)(H,21,25). The van der Waals surface area contributed by atoms with E-state index in [1.165, 1.54) is 12.1 Å². The molecular formula is C16H20F2N4O2S. The predicted octanol–water partition coefficient (Wildman–Crippen LogP) is 2.85. The van der Waals surface area contributed by atoms with Gasteiger partial charge in [-0.05, 0) is 42.8 Å². The van der Waals surface area contributed by atoms with E-state index in [1.54, 1.807) is 16.7 Å². The number of hydrogen-bond acceptors (Lipinski definition) is 4. The molecule has 0 saturated carbocycles. The molecule has 136 valence electrons. The molecule has 2 rings (SSSR count). The number of rotatable bonds is 9. The molecule has 0 radical (unpaired) electrons. The van der Waals surface area contributed by atoms with Crippen LogP contribution in [0.3, 0.4) is 0 Å². The monoisotopic (exact) mass is 370 g/mol. The molecule has 0 atom stereocenters. The van der Waals surface area contributed by atoms with Gasteiger partial charge in [-0.2, -0.15) is 13.9 Å². The SMILES string of the molecule is CCCc1n[nH]c(=S)n1CC(=O)NCCc1ccc(OC(F)F)cc1. The quantitative estimate of drug-likeness (QED) is 0.666. The molecule has 9 heteroatoms. The van der Waals surface area contributed by atoms with E-state index >= 15 is 0 Å². The fraction of sp³-hybridized carbons (Fsp3) is 0.438. The topological polar surface area (TPSA) is 71.9 Å². The first-order valence-corrected chi connectivity index (χ1v) is 8.35. The normalized spacial score (nSPS) is 10.9. The molecule has 25 heavy (non-hydrogen) atoms. The predicted molar refractivity (Wildman–Crippen MR) is 91.2 cm³/mol. The Kier molecular flexibility index (Phi) is 7.05. The lowest BCUT2D eigenvalue weighted by molar-refractivity contribution is -0.121. The second-order valence-corrected chi connectivity index (χ2v) is 5.79. The Balaban J connectivity index is 1.81. The summed E-state index contributed by atoms with van der Waals surface area (Å²) in [6.45, 7) is -0.259. The zero-order valence-electron chi connectivity index (χ0n) is 13.8. The van der Waals surface area contributed by atoms with Crippen LogP contribution in [0.1, 0.15) is 24.7 Å². The van der Waals surface area contributed by atoms with E-state index < -0.39 is 6.61 Å². The van der Waals surface area contributed by atoms with Crippen LogP contribution >= 0.6 is 12.2 Å². The number of benzene rings is 1. The number of carbonyl (C=O) groups is 1. The Bertz CT molecular complexity index is 743. The first-order chi connectivity index (χ1) is 12.0. The van der Waals surface area contributed by atoms with Crippen LogP contribution in [0.15, 0.2) is 24.3 Å². The average molecular weight is 370 g/mol. The zero-order chi connectivity index (χ0) is 18.2. The molecule has 1 heterocycles. The van der Waals surface area contributed by atoms with Crippen molar-refractivity contribution in [2.24, 2.45) is 0 Å². The van der Waals surface area contributed by atoms with Gasteiger partial charge in [0.15, 0.2) is 4.77 Å². The number of nitrogens with zero attached hydrogens (tertiary/aromatic N) is 2. The van der Waals surface area contributed by atoms with Crippen LogP contribution in [0.5, 0.6) is 5.75 Å². The van der Waals surface area contributed by atoms with Crippen molar-refractivity contribution in [2.75, 3.05) is 6.54 Å². The average Bonchev–Trinajstić information content (AvgIpc) is 2.90. The van der Waals surface area contributed by atoms with Crippen molar-refractivity contribution < 1.29 is 18.3 Å². The van der Waals surface area contributed by atoms with Gasteiger partial charge in [0.05, 0.1) is 0 Å². The molecule has 1 amide bonds. The number of aryl methyl sites for hydroxylation is 1. The minimum Gasteiger partial charge on any atom is -0.435 e. The number of amides is 1. The van der Waals surface area contributed by atoms with Gasteiger partial charge >= 0.3 is 6.61 Å². The first kappa shape index (κ1) is 19.0. The second kappa shape index (κ2) is 9.26. The number of H-pyrrole nitrogens is 1. The molecule has 0 aliphatic carbocycles. The summed E-state index contributed by atoms with van der Waals surface area (Å²) in [7, 11) is 0. The molecular weight excluding hydrogens is 350 g/mol. The van der Waals surface area contributed by atoms with Crippen LogP contribution in [0.2, 0.25) is 0 Å². The summed E-state index contributed by atoms with van der Waals surface area (Å²) >= 11 is 5.14. The number of ether oxygens (including phenoxy) is 1. The van der Waals surface area contributed by atoms with Crippen LogP contribution in [0.4, 0.5) is 8.78 Å². The van der Waals surface area contributed by atoms with Crippen LogP contribution in [-0.4, -0.2) is 33.8 Å². The maximum absolute atomic E-state index is 12.1. The van der Waals surface area contributed by atoms with Gasteiger partial charge in [0.1, 0.15) is 18.1 Å². The van der Waals surface area contributed by atoms with Crippen molar-refractivity contribution in [3.8, 4) is 5.75 Å².